The molecule has 0 fully saturated rings. The summed E-state index contributed by atoms with van der Waals surface area (Å²) in [5.74, 6) is -2.09. The lowest BCUT2D eigenvalue weighted by Gasteiger charge is -2.14. The van der Waals surface area contributed by atoms with E-state index in [0.29, 0.717) is 6.07 Å². The third-order valence-corrected chi connectivity index (χ3v) is 2.56. The number of carboxylic acids is 1. The van der Waals surface area contributed by atoms with Gasteiger partial charge < -0.3 is 10.4 Å². The van der Waals surface area contributed by atoms with Crippen LogP contribution in [0.3, 0.4) is 0 Å². The van der Waals surface area contributed by atoms with Gasteiger partial charge in [-0.05, 0) is 12.5 Å². The van der Waals surface area contributed by atoms with Crippen LogP contribution in [-0.4, -0.2) is 22.0 Å². The molecule has 0 aliphatic rings. The Morgan fingerprint density at radius 1 is 1.67 bits per heavy atom. The van der Waals surface area contributed by atoms with E-state index in [4.69, 9.17) is 16.7 Å². The Hall–Kier alpha value is -1.89. The van der Waals surface area contributed by atoms with Crippen LogP contribution in [0.15, 0.2) is 12.1 Å². The zero-order valence-electron chi connectivity index (χ0n) is 9.31. The number of rotatable bonds is 5. The van der Waals surface area contributed by atoms with E-state index in [9.17, 15) is 19.3 Å². The van der Waals surface area contributed by atoms with Crippen LogP contribution >= 0.6 is 11.6 Å². The van der Waals surface area contributed by atoms with Crippen molar-refractivity contribution in [3.05, 3.63) is 33.1 Å². The fraction of sp³-hybridized carbons (Fsp3) is 0.300. The van der Waals surface area contributed by atoms with E-state index in [1.807, 2.05) is 0 Å². The first-order valence-electron chi connectivity index (χ1n) is 4.99. The number of hydrogen-bond acceptors (Lipinski definition) is 4. The van der Waals surface area contributed by atoms with Gasteiger partial charge in [-0.15, -0.1) is 0 Å². The molecule has 98 valence electrons. The normalized spacial score (nSPS) is 11.9. The average Bonchev–Trinajstić information content (AvgIpc) is 2.29. The lowest BCUT2D eigenvalue weighted by atomic mass is 10.2. The summed E-state index contributed by atoms with van der Waals surface area (Å²) in [6.07, 6.45) is 0.210. The van der Waals surface area contributed by atoms with Gasteiger partial charge in [-0.1, -0.05) is 18.5 Å². The van der Waals surface area contributed by atoms with Crippen molar-refractivity contribution < 1.29 is 19.2 Å². The quantitative estimate of drug-likeness (QED) is 0.637. The molecule has 0 spiro atoms. The van der Waals surface area contributed by atoms with Gasteiger partial charge in [0.1, 0.15) is 17.5 Å². The van der Waals surface area contributed by atoms with E-state index in [1.165, 1.54) is 0 Å². The highest BCUT2D eigenvalue weighted by atomic mass is 35.5. The van der Waals surface area contributed by atoms with Crippen LogP contribution in [0.25, 0.3) is 0 Å². The number of nitrogens with zero attached hydrogens (tertiary/aromatic N) is 1. The minimum atomic E-state index is -1.16. The van der Waals surface area contributed by atoms with Gasteiger partial charge in [-0.25, -0.2) is 9.18 Å². The van der Waals surface area contributed by atoms with Crippen molar-refractivity contribution in [2.75, 3.05) is 5.32 Å². The first-order valence-corrected chi connectivity index (χ1v) is 5.37. The zero-order chi connectivity index (χ0) is 13.9. The van der Waals surface area contributed by atoms with Crippen molar-refractivity contribution in [2.24, 2.45) is 0 Å². The van der Waals surface area contributed by atoms with Crippen molar-refractivity contribution in [2.45, 2.75) is 19.4 Å². The van der Waals surface area contributed by atoms with Crippen molar-refractivity contribution in [1.82, 2.24) is 0 Å². The molecule has 0 bridgehead atoms. The predicted molar refractivity (Wildman–Crippen MR) is 63.4 cm³/mol. The topological polar surface area (TPSA) is 92.5 Å². The van der Waals surface area contributed by atoms with Crippen LogP contribution in [0, 0.1) is 15.9 Å². The molecule has 6 nitrogen and oxygen atoms in total. The van der Waals surface area contributed by atoms with Crippen LogP contribution in [0.1, 0.15) is 13.3 Å². The van der Waals surface area contributed by atoms with E-state index >= 15 is 0 Å². The molecule has 1 unspecified atom stereocenters. The summed E-state index contributed by atoms with van der Waals surface area (Å²) in [7, 11) is 0. The summed E-state index contributed by atoms with van der Waals surface area (Å²) in [6.45, 7) is 1.60. The molecule has 18 heavy (non-hydrogen) atoms. The summed E-state index contributed by atoms with van der Waals surface area (Å²) in [6, 6.07) is 0.644. The zero-order valence-corrected chi connectivity index (χ0v) is 10.1. The molecule has 0 aliphatic heterocycles. The first-order chi connectivity index (χ1) is 8.36. The molecule has 1 rings (SSSR count). The molecule has 2 N–H and O–H groups in total. The third kappa shape index (κ3) is 3.07. The Morgan fingerprint density at radius 2 is 2.28 bits per heavy atom. The molecule has 0 aliphatic carbocycles. The van der Waals surface area contributed by atoms with Gasteiger partial charge in [0.2, 0.25) is 0 Å². The van der Waals surface area contributed by atoms with Gasteiger partial charge in [0.05, 0.1) is 16.0 Å². The molecule has 0 aromatic heterocycles. The summed E-state index contributed by atoms with van der Waals surface area (Å²) >= 11 is 5.51. The summed E-state index contributed by atoms with van der Waals surface area (Å²) in [5, 5.41) is 21.7. The summed E-state index contributed by atoms with van der Waals surface area (Å²) < 4.78 is 13.1. The molecule has 1 atom stereocenters. The molecule has 0 heterocycles. The Morgan fingerprint density at radius 3 is 2.72 bits per heavy atom. The van der Waals surface area contributed by atoms with Crippen molar-refractivity contribution in [3.8, 4) is 0 Å². The Balaban J connectivity index is 3.18. The first kappa shape index (κ1) is 14.2. The largest absolute Gasteiger partial charge is 0.480 e. The Labute approximate surface area is 107 Å². The number of benzene rings is 1. The van der Waals surface area contributed by atoms with Gasteiger partial charge in [-0.2, -0.15) is 0 Å². The smallest absolute Gasteiger partial charge is 0.326 e. The lowest BCUT2D eigenvalue weighted by molar-refractivity contribution is -0.384. The van der Waals surface area contributed by atoms with Gasteiger partial charge in [0.25, 0.3) is 5.69 Å². The maximum absolute atomic E-state index is 13.1. The van der Waals surface area contributed by atoms with Crippen molar-refractivity contribution in [3.63, 3.8) is 0 Å². The monoisotopic (exact) mass is 276 g/mol. The van der Waals surface area contributed by atoms with Gasteiger partial charge >= 0.3 is 5.97 Å². The standard InChI is InChI=1S/C10H10ClFN2O4/c1-2-7(10(15)16)13-8-3-5(11)6(12)4-9(8)14(17)18/h3-4,7,13H,2H2,1H3,(H,15,16). The number of aliphatic carboxylic acids is 1. The fourth-order valence-corrected chi connectivity index (χ4v) is 1.49. The van der Waals surface area contributed by atoms with E-state index in [-0.39, 0.29) is 17.1 Å². The van der Waals surface area contributed by atoms with Gasteiger partial charge in [-0.3, -0.25) is 10.1 Å². The molecule has 0 saturated heterocycles. The highest BCUT2D eigenvalue weighted by molar-refractivity contribution is 6.31. The number of nitro benzene ring substituents is 1. The number of hydrogen-bond donors (Lipinski definition) is 2. The maximum atomic E-state index is 13.1. The Kier molecular flexibility index (Phi) is 4.43. The molecule has 1 aromatic carbocycles. The number of nitrogens with one attached hydrogen (secondary N) is 1. The van der Waals surface area contributed by atoms with Crippen molar-refractivity contribution >= 4 is 28.9 Å². The van der Waals surface area contributed by atoms with E-state index < -0.39 is 28.4 Å². The second-order valence-corrected chi connectivity index (χ2v) is 3.89. The van der Waals surface area contributed by atoms with E-state index in [1.54, 1.807) is 6.92 Å². The molecular weight excluding hydrogens is 267 g/mol. The van der Waals surface area contributed by atoms with E-state index in [2.05, 4.69) is 5.32 Å². The second-order valence-electron chi connectivity index (χ2n) is 3.48. The number of nitro groups is 1. The molecule has 0 amide bonds. The number of carbonyl (C=O) groups is 1. The number of halogens is 2. The Bertz CT molecular complexity index is 495. The summed E-state index contributed by atoms with van der Waals surface area (Å²) in [4.78, 5) is 20.8. The predicted octanol–water partition coefficient (Wildman–Crippen LogP) is 2.66. The van der Waals surface area contributed by atoms with E-state index in [0.717, 1.165) is 6.07 Å². The number of anilines is 1. The van der Waals surface area contributed by atoms with Crippen LogP contribution in [0.4, 0.5) is 15.8 Å². The van der Waals surface area contributed by atoms with Crippen LogP contribution in [-0.2, 0) is 4.79 Å². The highest BCUT2D eigenvalue weighted by Gasteiger charge is 2.22. The van der Waals surface area contributed by atoms with Gasteiger partial charge in [0, 0.05) is 0 Å². The van der Waals surface area contributed by atoms with Crippen LogP contribution in [0.5, 0.6) is 0 Å². The van der Waals surface area contributed by atoms with Gasteiger partial charge in [0.15, 0.2) is 0 Å². The third-order valence-electron chi connectivity index (χ3n) is 2.27. The minimum absolute atomic E-state index is 0.124. The van der Waals surface area contributed by atoms with Crippen LogP contribution in [0.2, 0.25) is 5.02 Å². The lowest BCUT2D eigenvalue weighted by Crippen LogP contribution is -2.28. The maximum Gasteiger partial charge on any atom is 0.326 e. The molecule has 0 saturated carbocycles. The molecule has 8 heteroatoms. The molecular formula is C10H10ClFN2O4. The average molecular weight is 277 g/mol. The highest BCUT2D eigenvalue weighted by Crippen LogP contribution is 2.30. The number of carboxylic acid groups (broad SMARTS) is 1. The fourth-order valence-electron chi connectivity index (χ4n) is 1.33. The minimum Gasteiger partial charge on any atom is -0.480 e. The molecule has 1 aromatic rings. The summed E-state index contributed by atoms with van der Waals surface area (Å²) in [5.41, 5.74) is -0.683. The second kappa shape index (κ2) is 5.63. The molecule has 0 radical (unpaired) electrons. The van der Waals surface area contributed by atoms with Crippen LogP contribution < -0.4 is 5.32 Å². The SMILES string of the molecule is CCC(Nc1cc(Cl)c(F)cc1[N+](=O)[O-])C(=O)O. The van der Waals surface area contributed by atoms with Crippen molar-refractivity contribution in [1.29, 1.82) is 0 Å².